The maximum absolute atomic E-state index is 13.4. The van der Waals surface area contributed by atoms with Gasteiger partial charge in [-0.1, -0.05) is 0 Å². The first-order chi connectivity index (χ1) is 9.45. The van der Waals surface area contributed by atoms with E-state index in [1.54, 1.807) is 19.1 Å². The van der Waals surface area contributed by atoms with E-state index in [-0.39, 0.29) is 11.7 Å². The maximum Gasteiger partial charge on any atom is 0.219 e. The van der Waals surface area contributed by atoms with Crippen molar-refractivity contribution in [3.63, 3.8) is 0 Å². The molecule has 1 aliphatic heterocycles. The van der Waals surface area contributed by atoms with Gasteiger partial charge in [0, 0.05) is 39.3 Å². The first-order valence-electron chi connectivity index (χ1n) is 7.19. The summed E-state index contributed by atoms with van der Waals surface area (Å²) in [6, 6.07) is 5.13. The van der Waals surface area contributed by atoms with Crippen LogP contribution in [0.2, 0.25) is 0 Å². The summed E-state index contributed by atoms with van der Waals surface area (Å²) in [5.41, 5.74) is 1.87. The van der Waals surface area contributed by atoms with Gasteiger partial charge < -0.3 is 9.80 Å². The molecule has 0 bridgehead atoms. The molecule has 3 nitrogen and oxygen atoms in total. The summed E-state index contributed by atoms with van der Waals surface area (Å²) in [7, 11) is 2.01. The van der Waals surface area contributed by atoms with Gasteiger partial charge >= 0.3 is 0 Å². The minimum atomic E-state index is -0.182. The average molecular weight is 278 g/mol. The number of piperidine rings is 1. The molecule has 2 rings (SSSR count). The van der Waals surface area contributed by atoms with Crippen molar-refractivity contribution >= 4 is 11.6 Å². The monoisotopic (exact) mass is 278 g/mol. The maximum atomic E-state index is 13.4. The molecule has 0 saturated carbocycles. The third-order valence-electron chi connectivity index (χ3n) is 4.06. The average Bonchev–Trinajstić information content (AvgIpc) is 2.38. The number of carbonyl (C=O) groups is 1. The van der Waals surface area contributed by atoms with Gasteiger partial charge in [-0.15, -0.1) is 0 Å². The lowest BCUT2D eigenvalue weighted by molar-refractivity contribution is -0.130. The van der Waals surface area contributed by atoms with Crippen molar-refractivity contribution < 1.29 is 9.18 Å². The standard InChI is InChI=1S/C16H23FN2O/c1-12-8-15(17)10-16(9-12)18(3)11-14-4-6-19(7-5-14)13(2)20/h8-10,14H,4-7,11H2,1-3H3. The second kappa shape index (κ2) is 6.25. The first kappa shape index (κ1) is 14.8. The van der Waals surface area contributed by atoms with Gasteiger partial charge in [-0.05, 0) is 49.4 Å². The predicted molar refractivity (Wildman–Crippen MR) is 79.4 cm³/mol. The van der Waals surface area contributed by atoms with E-state index in [4.69, 9.17) is 0 Å². The fourth-order valence-electron chi connectivity index (χ4n) is 2.86. The zero-order valence-corrected chi connectivity index (χ0v) is 12.5. The molecule has 0 radical (unpaired) electrons. The van der Waals surface area contributed by atoms with Crippen LogP contribution >= 0.6 is 0 Å². The molecule has 1 aromatic carbocycles. The molecule has 110 valence electrons. The SMILES string of the molecule is CC(=O)N1CCC(CN(C)c2cc(C)cc(F)c2)CC1. The summed E-state index contributed by atoms with van der Waals surface area (Å²) in [4.78, 5) is 15.3. The number of aryl methyl sites for hydroxylation is 1. The molecule has 0 atom stereocenters. The van der Waals surface area contributed by atoms with Gasteiger partial charge in [-0.2, -0.15) is 0 Å². The second-order valence-electron chi connectivity index (χ2n) is 5.82. The van der Waals surface area contributed by atoms with Gasteiger partial charge in [-0.25, -0.2) is 4.39 Å². The van der Waals surface area contributed by atoms with Crippen molar-refractivity contribution in [2.24, 2.45) is 5.92 Å². The highest BCUT2D eigenvalue weighted by atomic mass is 19.1. The van der Waals surface area contributed by atoms with E-state index in [0.29, 0.717) is 5.92 Å². The Labute approximate surface area is 120 Å². The normalized spacial score (nSPS) is 16.3. The number of likely N-dealkylation sites (tertiary alicyclic amines) is 1. The Morgan fingerprint density at radius 2 is 2.00 bits per heavy atom. The van der Waals surface area contributed by atoms with Crippen molar-refractivity contribution in [1.82, 2.24) is 4.90 Å². The van der Waals surface area contributed by atoms with Crippen LogP contribution < -0.4 is 4.90 Å². The molecule has 1 fully saturated rings. The fourth-order valence-corrected chi connectivity index (χ4v) is 2.86. The molecule has 0 unspecified atom stereocenters. The molecule has 1 aliphatic rings. The van der Waals surface area contributed by atoms with Gasteiger partial charge in [0.25, 0.3) is 0 Å². The number of hydrogen-bond donors (Lipinski definition) is 0. The summed E-state index contributed by atoms with van der Waals surface area (Å²) in [6.07, 6.45) is 2.05. The Morgan fingerprint density at radius 1 is 1.35 bits per heavy atom. The Balaban J connectivity index is 1.92. The molecule has 1 saturated heterocycles. The van der Waals surface area contributed by atoms with E-state index in [1.807, 2.05) is 24.9 Å². The summed E-state index contributed by atoms with van der Waals surface area (Å²) in [6.45, 7) is 6.13. The molecule has 20 heavy (non-hydrogen) atoms. The van der Waals surface area contributed by atoms with Crippen LogP contribution in [0.3, 0.4) is 0 Å². The molecule has 1 heterocycles. The lowest BCUT2D eigenvalue weighted by atomic mass is 9.96. The Morgan fingerprint density at radius 3 is 2.55 bits per heavy atom. The Kier molecular flexibility index (Phi) is 4.63. The number of benzene rings is 1. The number of halogens is 1. The third-order valence-corrected chi connectivity index (χ3v) is 4.06. The van der Waals surface area contributed by atoms with Crippen LogP contribution in [0.15, 0.2) is 18.2 Å². The van der Waals surface area contributed by atoms with Crippen LogP contribution in [0.5, 0.6) is 0 Å². The first-order valence-corrected chi connectivity index (χ1v) is 7.19. The van der Waals surface area contributed by atoms with Gasteiger partial charge in [0.1, 0.15) is 5.82 Å². The molecule has 0 aliphatic carbocycles. The van der Waals surface area contributed by atoms with E-state index >= 15 is 0 Å². The van der Waals surface area contributed by atoms with Crippen molar-refractivity contribution in [2.45, 2.75) is 26.7 Å². The van der Waals surface area contributed by atoms with Gasteiger partial charge in [0.05, 0.1) is 0 Å². The zero-order valence-electron chi connectivity index (χ0n) is 12.5. The number of nitrogens with zero attached hydrogens (tertiary/aromatic N) is 2. The summed E-state index contributed by atoms with van der Waals surface area (Å²) >= 11 is 0. The molecule has 0 N–H and O–H groups in total. The largest absolute Gasteiger partial charge is 0.374 e. The molecular formula is C16H23FN2O. The Bertz CT molecular complexity index is 461. The zero-order chi connectivity index (χ0) is 14.7. The lowest BCUT2D eigenvalue weighted by Gasteiger charge is -2.34. The number of rotatable bonds is 3. The highest BCUT2D eigenvalue weighted by Gasteiger charge is 2.21. The third kappa shape index (κ3) is 3.71. The molecular weight excluding hydrogens is 255 g/mol. The molecule has 0 aromatic heterocycles. The van der Waals surface area contributed by atoms with Crippen molar-refractivity contribution in [3.05, 3.63) is 29.6 Å². The van der Waals surface area contributed by atoms with Gasteiger partial charge in [-0.3, -0.25) is 4.79 Å². The van der Waals surface area contributed by atoms with Crippen LogP contribution in [0.1, 0.15) is 25.3 Å². The van der Waals surface area contributed by atoms with Gasteiger partial charge in [0.15, 0.2) is 0 Å². The molecule has 1 amide bonds. The highest BCUT2D eigenvalue weighted by Crippen LogP contribution is 2.22. The van der Waals surface area contributed by atoms with E-state index < -0.39 is 0 Å². The van der Waals surface area contributed by atoms with Crippen molar-refractivity contribution in [1.29, 1.82) is 0 Å². The van der Waals surface area contributed by atoms with Crippen molar-refractivity contribution in [2.75, 3.05) is 31.6 Å². The minimum Gasteiger partial charge on any atom is -0.374 e. The summed E-state index contributed by atoms with van der Waals surface area (Å²) in [5, 5.41) is 0. The molecule has 1 aromatic rings. The number of anilines is 1. The van der Waals surface area contributed by atoms with Crippen LogP contribution in [0.4, 0.5) is 10.1 Å². The van der Waals surface area contributed by atoms with E-state index in [2.05, 4.69) is 4.90 Å². The van der Waals surface area contributed by atoms with Crippen LogP contribution in [-0.4, -0.2) is 37.5 Å². The lowest BCUT2D eigenvalue weighted by Crippen LogP contribution is -2.40. The quantitative estimate of drug-likeness (QED) is 0.849. The number of carbonyl (C=O) groups excluding carboxylic acids is 1. The summed E-state index contributed by atoms with van der Waals surface area (Å²) < 4.78 is 13.4. The van der Waals surface area contributed by atoms with Crippen LogP contribution in [0.25, 0.3) is 0 Å². The fraction of sp³-hybridized carbons (Fsp3) is 0.562. The minimum absolute atomic E-state index is 0.164. The van der Waals surface area contributed by atoms with E-state index in [0.717, 1.165) is 43.7 Å². The summed E-state index contributed by atoms with van der Waals surface area (Å²) in [5.74, 6) is 0.551. The second-order valence-corrected chi connectivity index (χ2v) is 5.82. The van der Waals surface area contributed by atoms with Crippen molar-refractivity contribution in [3.8, 4) is 0 Å². The van der Waals surface area contributed by atoms with Gasteiger partial charge in [0.2, 0.25) is 5.91 Å². The smallest absolute Gasteiger partial charge is 0.219 e. The number of hydrogen-bond acceptors (Lipinski definition) is 2. The van der Waals surface area contributed by atoms with E-state index in [1.165, 1.54) is 0 Å². The topological polar surface area (TPSA) is 23.6 Å². The molecule has 4 heteroatoms. The van der Waals surface area contributed by atoms with Crippen LogP contribution in [-0.2, 0) is 4.79 Å². The molecule has 0 spiro atoms. The highest BCUT2D eigenvalue weighted by molar-refractivity contribution is 5.73. The Hall–Kier alpha value is -1.58. The van der Waals surface area contributed by atoms with Crippen LogP contribution in [0, 0.1) is 18.7 Å². The predicted octanol–water partition coefficient (Wildman–Crippen LogP) is 2.83. The van der Waals surface area contributed by atoms with E-state index in [9.17, 15) is 9.18 Å². The number of amides is 1.